The highest BCUT2D eigenvalue weighted by atomic mass is 16.2. The fraction of sp³-hybridized carbons (Fsp3) is 0.412. The molecule has 1 unspecified atom stereocenters. The number of nitrogens with zero attached hydrogens (tertiary/aromatic N) is 2. The number of anilines is 1. The molecular weight excluding hydrogens is 262 g/mol. The minimum atomic E-state index is -0.185. The number of carbonyl (C=O) groups is 1. The monoisotopic (exact) mass is 281 g/mol. The van der Waals surface area contributed by atoms with Crippen LogP contribution in [0.15, 0.2) is 36.5 Å². The van der Waals surface area contributed by atoms with E-state index < -0.39 is 0 Å². The average Bonchev–Trinajstić information content (AvgIpc) is 2.87. The Kier molecular flexibility index (Phi) is 2.84. The van der Waals surface area contributed by atoms with Crippen molar-refractivity contribution in [1.82, 2.24) is 10.3 Å². The second-order valence-corrected chi connectivity index (χ2v) is 6.16. The first kappa shape index (κ1) is 12.6. The van der Waals surface area contributed by atoms with Gasteiger partial charge in [-0.15, -0.1) is 0 Å². The Bertz CT molecular complexity index is 694. The number of rotatable bonds is 1. The van der Waals surface area contributed by atoms with Crippen molar-refractivity contribution >= 4 is 22.5 Å². The number of fused-ring (bicyclic) bond motifs is 1. The molecule has 108 valence electrons. The molecule has 1 aromatic heterocycles. The van der Waals surface area contributed by atoms with Crippen LogP contribution in [0.5, 0.6) is 0 Å². The van der Waals surface area contributed by atoms with Gasteiger partial charge in [-0.05, 0) is 31.4 Å². The highest BCUT2D eigenvalue weighted by Crippen LogP contribution is 2.39. The minimum absolute atomic E-state index is 0.185. The van der Waals surface area contributed by atoms with Crippen LogP contribution in [-0.4, -0.2) is 30.5 Å². The van der Waals surface area contributed by atoms with Crippen LogP contribution < -0.4 is 10.2 Å². The standard InChI is InChI=1S/C17H19N3O/c21-16-17(8-10-19-16)7-3-11-20(12-17)14-6-1-4-13-5-2-9-18-15(13)14/h1-2,4-6,9H,3,7-8,10-12H2,(H,19,21). The normalized spacial score (nSPS) is 25.5. The van der Waals surface area contributed by atoms with Gasteiger partial charge in [0.15, 0.2) is 0 Å². The summed E-state index contributed by atoms with van der Waals surface area (Å²) in [6, 6.07) is 10.4. The molecule has 0 radical (unpaired) electrons. The molecule has 3 heterocycles. The summed E-state index contributed by atoms with van der Waals surface area (Å²) < 4.78 is 0. The van der Waals surface area contributed by atoms with Gasteiger partial charge in [0.25, 0.3) is 0 Å². The van der Waals surface area contributed by atoms with Crippen molar-refractivity contribution in [3.63, 3.8) is 0 Å². The molecule has 2 saturated heterocycles. The van der Waals surface area contributed by atoms with Crippen LogP contribution in [-0.2, 0) is 4.79 Å². The van der Waals surface area contributed by atoms with Crippen molar-refractivity contribution in [2.75, 3.05) is 24.5 Å². The van der Waals surface area contributed by atoms with Crippen LogP contribution in [0.4, 0.5) is 5.69 Å². The maximum Gasteiger partial charge on any atom is 0.228 e. The van der Waals surface area contributed by atoms with Gasteiger partial charge in [-0.2, -0.15) is 0 Å². The Morgan fingerprint density at radius 1 is 1.19 bits per heavy atom. The summed E-state index contributed by atoms with van der Waals surface area (Å²) in [4.78, 5) is 19.1. The van der Waals surface area contributed by atoms with E-state index in [0.29, 0.717) is 0 Å². The Labute approximate surface area is 124 Å². The van der Waals surface area contributed by atoms with E-state index in [1.54, 1.807) is 0 Å². The molecule has 21 heavy (non-hydrogen) atoms. The smallest absolute Gasteiger partial charge is 0.228 e. The predicted octanol–water partition coefficient (Wildman–Crippen LogP) is 2.34. The van der Waals surface area contributed by atoms with Crippen LogP contribution in [0.25, 0.3) is 10.9 Å². The van der Waals surface area contributed by atoms with Crippen molar-refractivity contribution in [2.24, 2.45) is 5.41 Å². The van der Waals surface area contributed by atoms with E-state index >= 15 is 0 Å². The van der Waals surface area contributed by atoms with Gasteiger partial charge >= 0.3 is 0 Å². The van der Waals surface area contributed by atoms with Crippen molar-refractivity contribution < 1.29 is 4.79 Å². The molecule has 1 spiro atoms. The molecule has 2 aromatic rings. The summed E-state index contributed by atoms with van der Waals surface area (Å²) in [5.41, 5.74) is 2.01. The maximum absolute atomic E-state index is 12.2. The predicted molar refractivity (Wildman–Crippen MR) is 83.2 cm³/mol. The van der Waals surface area contributed by atoms with Crippen LogP contribution in [0.3, 0.4) is 0 Å². The molecule has 2 aliphatic heterocycles. The number of hydrogen-bond acceptors (Lipinski definition) is 3. The van der Waals surface area contributed by atoms with E-state index in [1.165, 1.54) is 0 Å². The number of benzene rings is 1. The van der Waals surface area contributed by atoms with Crippen molar-refractivity contribution in [1.29, 1.82) is 0 Å². The molecule has 1 N–H and O–H groups in total. The van der Waals surface area contributed by atoms with Gasteiger partial charge in [0.05, 0.1) is 16.6 Å². The highest BCUT2D eigenvalue weighted by Gasteiger charge is 2.45. The van der Waals surface area contributed by atoms with Crippen LogP contribution in [0, 0.1) is 5.41 Å². The lowest BCUT2D eigenvalue weighted by molar-refractivity contribution is -0.128. The van der Waals surface area contributed by atoms with Gasteiger partial charge in [0.1, 0.15) is 0 Å². The van der Waals surface area contributed by atoms with E-state index in [1.807, 2.05) is 12.3 Å². The first-order chi connectivity index (χ1) is 10.3. The quantitative estimate of drug-likeness (QED) is 0.872. The molecular formula is C17H19N3O. The van der Waals surface area contributed by atoms with Crippen molar-refractivity contribution in [3.8, 4) is 0 Å². The SMILES string of the molecule is O=C1NCCC12CCCN(c1cccc3cccnc13)C2. The third kappa shape index (κ3) is 1.97. The first-order valence-electron chi connectivity index (χ1n) is 7.66. The average molecular weight is 281 g/mol. The largest absolute Gasteiger partial charge is 0.369 e. The topological polar surface area (TPSA) is 45.2 Å². The first-order valence-corrected chi connectivity index (χ1v) is 7.66. The van der Waals surface area contributed by atoms with Gasteiger partial charge in [-0.1, -0.05) is 18.2 Å². The Morgan fingerprint density at radius 3 is 2.95 bits per heavy atom. The van der Waals surface area contributed by atoms with E-state index in [9.17, 15) is 4.79 Å². The van der Waals surface area contributed by atoms with Crippen molar-refractivity contribution in [3.05, 3.63) is 36.5 Å². The van der Waals surface area contributed by atoms with Gasteiger partial charge in [0.2, 0.25) is 5.91 Å². The zero-order valence-electron chi connectivity index (χ0n) is 12.0. The zero-order chi connectivity index (χ0) is 14.3. The Morgan fingerprint density at radius 2 is 2.10 bits per heavy atom. The van der Waals surface area contributed by atoms with E-state index in [-0.39, 0.29) is 11.3 Å². The number of nitrogens with one attached hydrogen (secondary N) is 1. The fourth-order valence-electron chi connectivity index (χ4n) is 3.79. The number of aromatic nitrogens is 1. The number of hydrogen-bond donors (Lipinski definition) is 1. The summed E-state index contributed by atoms with van der Waals surface area (Å²) in [5, 5.41) is 4.17. The molecule has 4 nitrogen and oxygen atoms in total. The maximum atomic E-state index is 12.2. The summed E-state index contributed by atoms with van der Waals surface area (Å²) >= 11 is 0. The third-order valence-corrected chi connectivity index (χ3v) is 4.90. The Balaban J connectivity index is 1.73. The summed E-state index contributed by atoms with van der Waals surface area (Å²) in [6.45, 7) is 2.64. The lowest BCUT2D eigenvalue weighted by Gasteiger charge is -2.40. The summed E-state index contributed by atoms with van der Waals surface area (Å²) in [7, 11) is 0. The van der Waals surface area contributed by atoms with Gasteiger partial charge in [0, 0.05) is 31.2 Å². The van der Waals surface area contributed by atoms with E-state index in [2.05, 4.69) is 39.5 Å². The molecule has 1 amide bonds. The molecule has 4 rings (SSSR count). The number of piperidine rings is 1. The molecule has 0 saturated carbocycles. The summed E-state index contributed by atoms with van der Waals surface area (Å²) in [6.07, 6.45) is 4.87. The van der Waals surface area contributed by atoms with E-state index in [0.717, 1.165) is 55.5 Å². The minimum Gasteiger partial charge on any atom is -0.369 e. The van der Waals surface area contributed by atoms with Gasteiger partial charge < -0.3 is 10.2 Å². The lowest BCUT2D eigenvalue weighted by Crippen LogP contribution is -2.47. The molecule has 4 heteroatoms. The van der Waals surface area contributed by atoms with Gasteiger partial charge in [-0.3, -0.25) is 9.78 Å². The molecule has 2 aliphatic rings. The van der Waals surface area contributed by atoms with Gasteiger partial charge in [-0.25, -0.2) is 0 Å². The number of pyridine rings is 1. The third-order valence-electron chi connectivity index (χ3n) is 4.90. The van der Waals surface area contributed by atoms with E-state index in [4.69, 9.17) is 0 Å². The fourth-order valence-corrected chi connectivity index (χ4v) is 3.79. The molecule has 1 aromatic carbocycles. The van der Waals surface area contributed by atoms with Crippen molar-refractivity contribution in [2.45, 2.75) is 19.3 Å². The Hall–Kier alpha value is -2.10. The number of carbonyl (C=O) groups excluding carboxylic acids is 1. The second-order valence-electron chi connectivity index (χ2n) is 6.16. The molecule has 0 aliphatic carbocycles. The zero-order valence-corrected chi connectivity index (χ0v) is 12.0. The lowest BCUT2D eigenvalue weighted by atomic mass is 9.78. The highest BCUT2D eigenvalue weighted by molar-refractivity contribution is 5.91. The van der Waals surface area contributed by atoms with Crippen LogP contribution in [0.2, 0.25) is 0 Å². The summed E-state index contributed by atoms with van der Waals surface area (Å²) in [5.74, 6) is 0.236. The second kappa shape index (κ2) is 4.72. The molecule has 1 atom stereocenters. The molecule has 2 fully saturated rings. The van der Waals surface area contributed by atoms with Crippen LogP contribution >= 0.6 is 0 Å². The number of para-hydroxylation sites is 1. The molecule has 0 bridgehead atoms. The van der Waals surface area contributed by atoms with Crippen LogP contribution in [0.1, 0.15) is 19.3 Å². The number of amides is 1.